The zero-order valence-corrected chi connectivity index (χ0v) is 12.6. The number of H-pyrrole nitrogens is 1. The van der Waals surface area contributed by atoms with Crippen LogP contribution in [-0.4, -0.2) is 40.6 Å². The number of carbonyl (C=O) groups is 1. The highest BCUT2D eigenvalue weighted by atomic mass is 16.2. The van der Waals surface area contributed by atoms with Crippen molar-refractivity contribution in [1.29, 1.82) is 0 Å². The second-order valence-corrected chi connectivity index (χ2v) is 5.77. The van der Waals surface area contributed by atoms with Crippen molar-refractivity contribution >= 4 is 5.91 Å². The fraction of sp³-hybridized carbons (Fsp3) is 0.733. The molecule has 0 unspecified atom stereocenters. The zero-order chi connectivity index (χ0) is 14.6. The van der Waals surface area contributed by atoms with Crippen LogP contribution in [0.3, 0.4) is 0 Å². The van der Waals surface area contributed by atoms with Crippen LogP contribution in [0.1, 0.15) is 51.1 Å². The Balaban J connectivity index is 1.98. The Morgan fingerprint density at radius 2 is 2.10 bits per heavy atom. The Hall–Kier alpha value is -1.36. The lowest BCUT2D eigenvalue weighted by Gasteiger charge is -2.38. The van der Waals surface area contributed by atoms with E-state index in [4.69, 9.17) is 5.73 Å². The summed E-state index contributed by atoms with van der Waals surface area (Å²) in [5, 5.41) is 7.05. The van der Waals surface area contributed by atoms with Crippen LogP contribution in [0.4, 0.5) is 0 Å². The van der Waals surface area contributed by atoms with Gasteiger partial charge >= 0.3 is 0 Å². The van der Waals surface area contributed by atoms with Gasteiger partial charge in [0.05, 0.1) is 5.41 Å². The molecular weight excluding hydrogens is 252 g/mol. The lowest BCUT2D eigenvalue weighted by molar-refractivity contribution is -0.143. The number of likely N-dealkylation sites (tertiary alicyclic amines) is 1. The van der Waals surface area contributed by atoms with Gasteiger partial charge in [-0.25, -0.2) is 0 Å². The summed E-state index contributed by atoms with van der Waals surface area (Å²) in [5.74, 6) is 0.741. The van der Waals surface area contributed by atoms with Crippen molar-refractivity contribution in [3.8, 4) is 0 Å². The Labute approximate surface area is 120 Å². The molecular formula is C15H26N4O. The molecule has 0 saturated carbocycles. The van der Waals surface area contributed by atoms with E-state index in [1.165, 1.54) is 5.69 Å². The maximum absolute atomic E-state index is 12.7. The first kappa shape index (κ1) is 15.0. The van der Waals surface area contributed by atoms with Crippen LogP contribution < -0.4 is 5.73 Å². The van der Waals surface area contributed by atoms with E-state index >= 15 is 0 Å². The van der Waals surface area contributed by atoms with E-state index < -0.39 is 0 Å². The number of nitrogens with two attached hydrogens (primary N) is 1. The summed E-state index contributed by atoms with van der Waals surface area (Å²) in [7, 11) is 0. The third kappa shape index (κ3) is 2.73. The van der Waals surface area contributed by atoms with Gasteiger partial charge in [-0.3, -0.25) is 9.89 Å². The van der Waals surface area contributed by atoms with Crippen molar-refractivity contribution < 1.29 is 4.79 Å². The van der Waals surface area contributed by atoms with Gasteiger partial charge in [0.1, 0.15) is 0 Å². The molecule has 20 heavy (non-hydrogen) atoms. The van der Waals surface area contributed by atoms with E-state index in [-0.39, 0.29) is 11.3 Å². The first-order valence-corrected chi connectivity index (χ1v) is 7.65. The molecule has 112 valence electrons. The predicted octanol–water partition coefficient (Wildman–Crippen LogP) is 1.88. The number of aromatic nitrogens is 2. The highest BCUT2D eigenvalue weighted by Gasteiger charge is 2.38. The van der Waals surface area contributed by atoms with E-state index in [0.717, 1.165) is 38.8 Å². The van der Waals surface area contributed by atoms with Crippen LogP contribution in [0.2, 0.25) is 0 Å². The molecule has 1 aliphatic rings. The molecule has 1 aliphatic heterocycles. The third-order valence-electron chi connectivity index (χ3n) is 4.94. The van der Waals surface area contributed by atoms with E-state index in [0.29, 0.717) is 12.5 Å². The average Bonchev–Trinajstić information content (AvgIpc) is 3.04. The molecule has 0 aromatic carbocycles. The molecule has 0 radical (unpaired) electrons. The number of aromatic amines is 1. The Kier molecular flexibility index (Phi) is 4.81. The molecule has 1 fully saturated rings. The van der Waals surface area contributed by atoms with Gasteiger partial charge in [-0.15, -0.1) is 0 Å². The molecule has 1 saturated heterocycles. The fourth-order valence-corrected chi connectivity index (χ4v) is 3.15. The Morgan fingerprint density at radius 1 is 1.45 bits per heavy atom. The molecule has 5 heteroatoms. The van der Waals surface area contributed by atoms with Crippen LogP contribution >= 0.6 is 0 Å². The van der Waals surface area contributed by atoms with Gasteiger partial charge in [-0.1, -0.05) is 13.8 Å². The molecule has 1 amide bonds. The third-order valence-corrected chi connectivity index (χ3v) is 4.94. The van der Waals surface area contributed by atoms with E-state index in [1.54, 1.807) is 6.20 Å². The minimum atomic E-state index is -0.360. The van der Waals surface area contributed by atoms with Crippen molar-refractivity contribution in [1.82, 2.24) is 15.1 Å². The smallest absolute Gasteiger partial charge is 0.230 e. The molecule has 2 heterocycles. The summed E-state index contributed by atoms with van der Waals surface area (Å²) in [4.78, 5) is 14.7. The predicted molar refractivity (Wildman–Crippen MR) is 79.2 cm³/mol. The summed E-state index contributed by atoms with van der Waals surface area (Å²) < 4.78 is 0. The van der Waals surface area contributed by atoms with Crippen LogP contribution in [0, 0.1) is 5.41 Å². The van der Waals surface area contributed by atoms with Gasteiger partial charge in [0.25, 0.3) is 0 Å². The van der Waals surface area contributed by atoms with Crippen molar-refractivity contribution in [2.75, 3.05) is 19.6 Å². The van der Waals surface area contributed by atoms with E-state index in [1.807, 2.05) is 11.0 Å². The maximum Gasteiger partial charge on any atom is 0.230 e. The summed E-state index contributed by atoms with van der Waals surface area (Å²) in [5.41, 5.74) is 6.71. The van der Waals surface area contributed by atoms with Gasteiger partial charge in [-0.05, 0) is 31.7 Å². The highest BCUT2D eigenvalue weighted by molar-refractivity contribution is 5.83. The number of nitrogens with zero attached hydrogens (tertiary/aromatic N) is 2. The number of hydrogen-bond acceptors (Lipinski definition) is 3. The number of amides is 1. The highest BCUT2D eigenvalue weighted by Crippen LogP contribution is 2.32. The van der Waals surface area contributed by atoms with E-state index in [9.17, 15) is 4.79 Å². The van der Waals surface area contributed by atoms with Crippen molar-refractivity contribution in [3.05, 3.63) is 18.0 Å². The minimum Gasteiger partial charge on any atom is -0.342 e. The molecule has 5 nitrogen and oxygen atoms in total. The molecule has 2 rings (SSSR count). The molecule has 3 N–H and O–H groups in total. The number of rotatable bonds is 5. The van der Waals surface area contributed by atoms with Crippen LogP contribution in [-0.2, 0) is 4.79 Å². The van der Waals surface area contributed by atoms with Crippen molar-refractivity contribution in [2.45, 2.75) is 45.4 Å². The number of piperidine rings is 1. The van der Waals surface area contributed by atoms with Crippen LogP contribution in [0.15, 0.2) is 12.3 Å². The van der Waals surface area contributed by atoms with Gasteiger partial charge < -0.3 is 10.6 Å². The first-order valence-electron chi connectivity index (χ1n) is 7.65. The second-order valence-electron chi connectivity index (χ2n) is 5.77. The molecule has 0 aliphatic carbocycles. The number of nitrogens with one attached hydrogen (secondary N) is 1. The molecule has 0 atom stereocenters. The monoisotopic (exact) mass is 278 g/mol. The molecule has 1 aromatic rings. The first-order chi connectivity index (χ1) is 9.66. The average molecular weight is 278 g/mol. The number of carbonyl (C=O) groups excluding carboxylic acids is 1. The summed E-state index contributed by atoms with van der Waals surface area (Å²) >= 11 is 0. The SMILES string of the molecule is CCC(CC)(CN)C(=O)N1CCC(c2ccn[nH]2)CC1. The van der Waals surface area contributed by atoms with Crippen LogP contribution in [0.25, 0.3) is 0 Å². The molecule has 0 bridgehead atoms. The molecule has 1 aromatic heterocycles. The summed E-state index contributed by atoms with van der Waals surface area (Å²) in [6, 6.07) is 2.03. The second kappa shape index (κ2) is 6.39. The largest absolute Gasteiger partial charge is 0.342 e. The van der Waals surface area contributed by atoms with Crippen LogP contribution in [0.5, 0.6) is 0 Å². The lowest BCUT2D eigenvalue weighted by Crippen LogP contribution is -2.49. The van der Waals surface area contributed by atoms with Gasteiger partial charge in [0.2, 0.25) is 5.91 Å². The van der Waals surface area contributed by atoms with Gasteiger partial charge in [-0.2, -0.15) is 5.10 Å². The zero-order valence-electron chi connectivity index (χ0n) is 12.6. The normalized spacial score (nSPS) is 17.4. The van der Waals surface area contributed by atoms with Gasteiger partial charge in [0.15, 0.2) is 0 Å². The topological polar surface area (TPSA) is 75.0 Å². The maximum atomic E-state index is 12.7. The minimum absolute atomic E-state index is 0.244. The summed E-state index contributed by atoms with van der Waals surface area (Å²) in [6.07, 6.45) is 5.43. The number of hydrogen-bond donors (Lipinski definition) is 2. The molecule has 0 spiro atoms. The summed E-state index contributed by atoms with van der Waals surface area (Å²) in [6.45, 7) is 6.21. The van der Waals surface area contributed by atoms with Crippen molar-refractivity contribution in [2.24, 2.45) is 11.1 Å². The van der Waals surface area contributed by atoms with Crippen molar-refractivity contribution in [3.63, 3.8) is 0 Å². The van der Waals surface area contributed by atoms with Gasteiger partial charge in [0, 0.05) is 37.4 Å². The lowest BCUT2D eigenvalue weighted by atomic mass is 9.80. The fourth-order valence-electron chi connectivity index (χ4n) is 3.15. The van der Waals surface area contributed by atoms with E-state index in [2.05, 4.69) is 24.0 Å². The Morgan fingerprint density at radius 3 is 2.55 bits per heavy atom. The Bertz CT molecular complexity index is 409. The standard InChI is InChI=1S/C15H26N4O/c1-3-15(4-2,11-16)14(20)19-9-6-12(7-10-19)13-5-8-17-18-13/h5,8,12H,3-4,6-7,9-11,16H2,1-2H3,(H,17,18). The quantitative estimate of drug-likeness (QED) is 0.863.